The van der Waals surface area contributed by atoms with E-state index >= 15 is 0 Å². The number of amides is 1. The third-order valence-corrected chi connectivity index (χ3v) is 3.72. The maximum absolute atomic E-state index is 13.7. The van der Waals surface area contributed by atoms with Crippen molar-refractivity contribution in [1.29, 1.82) is 0 Å². The molecule has 0 fully saturated rings. The summed E-state index contributed by atoms with van der Waals surface area (Å²) in [6.45, 7) is 4.27. The van der Waals surface area contributed by atoms with Gasteiger partial charge in [-0.1, -0.05) is 48.0 Å². The molecule has 0 spiro atoms. The highest BCUT2D eigenvalue weighted by Gasteiger charge is 2.09. The average Bonchev–Trinajstić information content (AvgIpc) is 2.48. The van der Waals surface area contributed by atoms with E-state index in [2.05, 4.69) is 40.4 Å². The second kappa shape index (κ2) is 7.40. The molecule has 22 heavy (non-hydrogen) atoms. The number of para-hydroxylation sites is 1. The molecule has 0 unspecified atom stereocenters. The molecule has 5 heteroatoms. The fourth-order valence-electron chi connectivity index (χ4n) is 2.12. The molecule has 2 aromatic carbocycles. The van der Waals surface area contributed by atoms with Crippen LogP contribution < -0.4 is 10.6 Å². The van der Waals surface area contributed by atoms with Crippen molar-refractivity contribution in [3.05, 3.63) is 58.3 Å². The summed E-state index contributed by atoms with van der Waals surface area (Å²) in [4.78, 5) is 12.0. The van der Waals surface area contributed by atoms with Crippen molar-refractivity contribution >= 4 is 33.2 Å². The van der Waals surface area contributed by atoms with Crippen LogP contribution in [-0.4, -0.2) is 12.5 Å². The van der Waals surface area contributed by atoms with E-state index in [-0.39, 0.29) is 18.1 Å². The summed E-state index contributed by atoms with van der Waals surface area (Å²) in [5.74, 6) is -0.402. The second-order valence-electron chi connectivity index (χ2n) is 5.27. The minimum absolute atomic E-state index is 0.0826. The van der Waals surface area contributed by atoms with Gasteiger partial charge in [0.15, 0.2) is 0 Å². The van der Waals surface area contributed by atoms with Crippen molar-refractivity contribution in [3.63, 3.8) is 0 Å². The lowest BCUT2D eigenvalue weighted by molar-refractivity contribution is -0.114. The summed E-state index contributed by atoms with van der Waals surface area (Å²) in [5.41, 5.74) is 2.24. The van der Waals surface area contributed by atoms with Crippen molar-refractivity contribution < 1.29 is 9.18 Å². The Morgan fingerprint density at radius 1 is 1.18 bits per heavy atom. The molecule has 0 aliphatic carbocycles. The largest absolute Gasteiger partial charge is 0.376 e. The number of benzene rings is 2. The molecule has 2 aromatic rings. The fourth-order valence-corrected chi connectivity index (χ4v) is 2.46. The molecule has 3 nitrogen and oxygen atoms in total. The van der Waals surface area contributed by atoms with Crippen LogP contribution in [-0.2, 0) is 4.79 Å². The molecule has 0 radical (unpaired) electrons. The van der Waals surface area contributed by atoms with Gasteiger partial charge in [0.05, 0.1) is 12.2 Å². The number of hydrogen-bond donors (Lipinski definition) is 2. The van der Waals surface area contributed by atoms with Gasteiger partial charge in [0.25, 0.3) is 0 Å². The summed E-state index contributed by atoms with van der Waals surface area (Å²) in [6, 6.07) is 12.4. The van der Waals surface area contributed by atoms with Crippen LogP contribution in [0.2, 0.25) is 0 Å². The molecular weight excluding hydrogens is 347 g/mol. The zero-order valence-corrected chi connectivity index (χ0v) is 14.1. The van der Waals surface area contributed by atoms with Gasteiger partial charge in [-0.25, -0.2) is 4.39 Å². The Kier molecular flexibility index (Phi) is 5.55. The molecule has 2 rings (SSSR count). The standard InChI is InChI=1S/C17H18BrFN2O/c1-11(2)13-5-3-4-6-15(13)20-10-17(22)21-16-8-7-12(18)9-14(16)19/h3-9,11,20H,10H2,1-2H3,(H,21,22). The highest BCUT2D eigenvalue weighted by Crippen LogP contribution is 2.23. The maximum Gasteiger partial charge on any atom is 0.243 e. The number of carbonyl (C=O) groups is 1. The van der Waals surface area contributed by atoms with Crippen molar-refractivity contribution in [3.8, 4) is 0 Å². The van der Waals surface area contributed by atoms with Crippen LogP contribution in [0.1, 0.15) is 25.3 Å². The quantitative estimate of drug-likeness (QED) is 0.802. The predicted molar refractivity (Wildman–Crippen MR) is 91.8 cm³/mol. The smallest absolute Gasteiger partial charge is 0.243 e. The zero-order valence-electron chi connectivity index (χ0n) is 12.5. The molecule has 0 heterocycles. The highest BCUT2D eigenvalue weighted by atomic mass is 79.9. The molecule has 2 N–H and O–H groups in total. The lowest BCUT2D eigenvalue weighted by Gasteiger charge is -2.14. The van der Waals surface area contributed by atoms with E-state index in [1.807, 2.05) is 24.3 Å². The fraction of sp³-hybridized carbons (Fsp3) is 0.235. The van der Waals surface area contributed by atoms with Gasteiger partial charge in [0.1, 0.15) is 5.82 Å². The number of rotatable bonds is 5. The normalized spacial score (nSPS) is 10.6. The first kappa shape index (κ1) is 16.5. The van der Waals surface area contributed by atoms with Gasteiger partial charge in [-0.05, 0) is 35.7 Å². The van der Waals surface area contributed by atoms with Gasteiger partial charge < -0.3 is 10.6 Å². The van der Waals surface area contributed by atoms with Gasteiger partial charge in [0, 0.05) is 10.2 Å². The maximum atomic E-state index is 13.7. The summed E-state index contributed by atoms with van der Waals surface area (Å²) in [7, 11) is 0. The van der Waals surface area contributed by atoms with Crippen molar-refractivity contribution in [1.82, 2.24) is 0 Å². The van der Waals surface area contributed by atoms with Crippen LogP contribution in [0.4, 0.5) is 15.8 Å². The zero-order chi connectivity index (χ0) is 16.1. The van der Waals surface area contributed by atoms with E-state index in [1.54, 1.807) is 6.07 Å². The third-order valence-electron chi connectivity index (χ3n) is 3.23. The molecule has 0 aromatic heterocycles. The second-order valence-corrected chi connectivity index (χ2v) is 6.18. The van der Waals surface area contributed by atoms with Gasteiger partial charge in [-0.2, -0.15) is 0 Å². The Bertz CT molecular complexity index is 673. The van der Waals surface area contributed by atoms with Crippen LogP contribution >= 0.6 is 15.9 Å². The molecular formula is C17H18BrFN2O. The Hall–Kier alpha value is -1.88. The predicted octanol–water partition coefficient (Wildman–Crippen LogP) is 4.76. The SMILES string of the molecule is CC(C)c1ccccc1NCC(=O)Nc1ccc(Br)cc1F. The highest BCUT2D eigenvalue weighted by molar-refractivity contribution is 9.10. The van der Waals surface area contributed by atoms with Gasteiger partial charge in [0.2, 0.25) is 5.91 Å². The molecule has 0 aliphatic rings. The molecule has 0 bridgehead atoms. The van der Waals surface area contributed by atoms with E-state index in [1.165, 1.54) is 12.1 Å². The van der Waals surface area contributed by atoms with Gasteiger partial charge in [-0.15, -0.1) is 0 Å². The Morgan fingerprint density at radius 3 is 2.59 bits per heavy atom. The summed E-state index contributed by atoms with van der Waals surface area (Å²) in [5, 5.41) is 5.66. The molecule has 1 amide bonds. The monoisotopic (exact) mass is 364 g/mol. The topological polar surface area (TPSA) is 41.1 Å². The van der Waals surface area contributed by atoms with E-state index in [9.17, 15) is 9.18 Å². The first-order chi connectivity index (χ1) is 10.5. The minimum Gasteiger partial charge on any atom is -0.376 e. The number of hydrogen-bond acceptors (Lipinski definition) is 2. The molecule has 116 valence electrons. The Balaban J connectivity index is 1.99. The van der Waals surface area contributed by atoms with E-state index in [4.69, 9.17) is 0 Å². The average molecular weight is 365 g/mol. The number of anilines is 2. The van der Waals surface area contributed by atoms with Crippen molar-refractivity contribution in [2.75, 3.05) is 17.2 Å². The van der Waals surface area contributed by atoms with Gasteiger partial charge >= 0.3 is 0 Å². The first-order valence-electron chi connectivity index (χ1n) is 7.05. The van der Waals surface area contributed by atoms with Crippen LogP contribution in [0, 0.1) is 5.82 Å². The number of carbonyl (C=O) groups excluding carboxylic acids is 1. The number of halogens is 2. The van der Waals surface area contributed by atoms with Crippen LogP contribution in [0.15, 0.2) is 46.9 Å². The van der Waals surface area contributed by atoms with E-state index in [0.717, 1.165) is 11.3 Å². The number of nitrogens with one attached hydrogen (secondary N) is 2. The molecule has 0 aliphatic heterocycles. The molecule has 0 saturated heterocycles. The van der Waals surface area contributed by atoms with E-state index in [0.29, 0.717) is 10.4 Å². The van der Waals surface area contributed by atoms with Crippen LogP contribution in [0.3, 0.4) is 0 Å². The lowest BCUT2D eigenvalue weighted by Crippen LogP contribution is -2.22. The third kappa shape index (κ3) is 4.31. The lowest BCUT2D eigenvalue weighted by atomic mass is 10.0. The Labute approximate surface area is 138 Å². The summed E-state index contributed by atoms with van der Waals surface area (Å²) in [6.07, 6.45) is 0. The molecule has 0 saturated carbocycles. The van der Waals surface area contributed by atoms with Gasteiger partial charge in [-0.3, -0.25) is 4.79 Å². The van der Waals surface area contributed by atoms with E-state index < -0.39 is 5.82 Å². The minimum atomic E-state index is -0.467. The van der Waals surface area contributed by atoms with Crippen molar-refractivity contribution in [2.45, 2.75) is 19.8 Å². The first-order valence-corrected chi connectivity index (χ1v) is 7.84. The van der Waals surface area contributed by atoms with Crippen LogP contribution in [0.25, 0.3) is 0 Å². The van der Waals surface area contributed by atoms with Crippen LogP contribution in [0.5, 0.6) is 0 Å². The van der Waals surface area contributed by atoms with Crippen molar-refractivity contribution in [2.24, 2.45) is 0 Å². The molecule has 0 atom stereocenters. The summed E-state index contributed by atoms with van der Waals surface area (Å²) >= 11 is 3.18. The summed E-state index contributed by atoms with van der Waals surface area (Å²) < 4.78 is 14.3. The Morgan fingerprint density at radius 2 is 1.91 bits per heavy atom.